The fraction of sp³-hybridized carbons (Fsp3) is 0.600. The lowest BCUT2D eigenvalue weighted by Gasteiger charge is -2.08. The number of allylic oxidation sites excluding steroid dienone is 1. The normalized spacial score (nSPS) is 12.3. The van der Waals surface area contributed by atoms with Gasteiger partial charge in [0.15, 0.2) is 0 Å². The smallest absolute Gasteiger partial charge is 0.366 e. The second kappa shape index (κ2) is 13.0. The fourth-order valence-corrected chi connectivity index (χ4v) is 3.20. The highest BCUT2D eigenvalue weighted by Gasteiger charge is 2.10. The van der Waals surface area contributed by atoms with Crippen LogP contribution in [0.1, 0.15) is 83.1 Å². The first-order chi connectivity index (χ1) is 12.0. The van der Waals surface area contributed by atoms with Gasteiger partial charge in [0.05, 0.1) is 0 Å². The van der Waals surface area contributed by atoms with Crippen LogP contribution in [0.4, 0.5) is 0 Å². The van der Waals surface area contributed by atoms with Crippen LogP contribution in [0.2, 0.25) is 0 Å². The van der Waals surface area contributed by atoms with Crippen molar-refractivity contribution in [1.29, 1.82) is 0 Å². The van der Waals surface area contributed by atoms with Crippen LogP contribution in [0.15, 0.2) is 36.1 Å². The zero-order chi connectivity index (χ0) is 18.4. The van der Waals surface area contributed by atoms with Crippen LogP contribution in [0.25, 0.3) is 6.08 Å². The Morgan fingerprint density at radius 3 is 1.96 bits per heavy atom. The maximum Gasteiger partial charge on any atom is 0.446 e. The molecule has 0 aliphatic heterocycles. The van der Waals surface area contributed by atoms with Crippen molar-refractivity contribution < 1.29 is 17.2 Å². The number of benzene rings is 1. The summed E-state index contributed by atoms with van der Waals surface area (Å²) >= 11 is 0. The third kappa shape index (κ3) is 12.7. The first-order valence-corrected chi connectivity index (χ1v) is 10.8. The summed E-state index contributed by atoms with van der Waals surface area (Å²) in [6, 6.07) is 9.37. The van der Waals surface area contributed by atoms with Gasteiger partial charge in [-0.05, 0) is 18.1 Å². The Hall–Kier alpha value is -1.33. The summed E-state index contributed by atoms with van der Waals surface area (Å²) in [5.74, 6) is 0.285. The van der Waals surface area contributed by atoms with Gasteiger partial charge in [-0.25, -0.2) is 0 Å². The van der Waals surface area contributed by atoms with Gasteiger partial charge in [0.25, 0.3) is 0 Å². The summed E-state index contributed by atoms with van der Waals surface area (Å²) in [4.78, 5) is 0. The van der Waals surface area contributed by atoms with Gasteiger partial charge >= 0.3 is 10.4 Å². The molecule has 0 radical (unpaired) electrons. The lowest BCUT2D eigenvalue weighted by molar-refractivity contribution is 0.322. The SMILES string of the molecule is CCCCCCCCCCCCC(=Cc1ccccc1)OS(=O)(=O)O. The molecule has 4 nitrogen and oxygen atoms in total. The molecule has 0 aliphatic rings. The van der Waals surface area contributed by atoms with Crippen molar-refractivity contribution in [3.63, 3.8) is 0 Å². The van der Waals surface area contributed by atoms with Crippen molar-refractivity contribution in [2.45, 2.75) is 77.6 Å². The van der Waals surface area contributed by atoms with Crippen molar-refractivity contribution in [3.8, 4) is 0 Å². The molecule has 1 aromatic rings. The molecule has 0 fully saturated rings. The van der Waals surface area contributed by atoms with Crippen LogP contribution >= 0.6 is 0 Å². The number of hydrogen-bond acceptors (Lipinski definition) is 3. The van der Waals surface area contributed by atoms with E-state index in [1.165, 1.54) is 44.9 Å². The summed E-state index contributed by atoms with van der Waals surface area (Å²) in [7, 11) is -4.47. The van der Waals surface area contributed by atoms with Crippen LogP contribution < -0.4 is 0 Å². The predicted octanol–water partition coefficient (Wildman–Crippen LogP) is 6.16. The molecule has 5 heteroatoms. The number of unbranched alkanes of at least 4 members (excludes halogenated alkanes) is 9. The van der Waals surface area contributed by atoms with Crippen LogP contribution in [0.3, 0.4) is 0 Å². The minimum absolute atomic E-state index is 0.285. The van der Waals surface area contributed by atoms with E-state index in [1.54, 1.807) is 6.08 Å². The first-order valence-electron chi connectivity index (χ1n) is 9.44. The zero-order valence-corrected chi connectivity index (χ0v) is 16.1. The molecule has 0 aliphatic carbocycles. The second-order valence-corrected chi connectivity index (χ2v) is 7.49. The Morgan fingerprint density at radius 1 is 0.920 bits per heavy atom. The van der Waals surface area contributed by atoms with Crippen molar-refractivity contribution in [2.75, 3.05) is 0 Å². The molecule has 0 aromatic heterocycles. The van der Waals surface area contributed by atoms with Crippen molar-refractivity contribution in [3.05, 3.63) is 41.7 Å². The van der Waals surface area contributed by atoms with Gasteiger partial charge in [-0.15, -0.1) is 0 Å². The molecule has 1 aromatic carbocycles. The van der Waals surface area contributed by atoms with Gasteiger partial charge in [0.1, 0.15) is 5.76 Å². The first kappa shape index (κ1) is 21.7. The van der Waals surface area contributed by atoms with E-state index in [0.29, 0.717) is 6.42 Å². The van der Waals surface area contributed by atoms with Gasteiger partial charge in [-0.3, -0.25) is 4.55 Å². The van der Waals surface area contributed by atoms with Gasteiger partial charge in [0.2, 0.25) is 0 Å². The van der Waals surface area contributed by atoms with E-state index in [2.05, 4.69) is 6.92 Å². The molecule has 0 spiro atoms. The maximum absolute atomic E-state index is 11.0. The third-order valence-electron chi connectivity index (χ3n) is 4.12. The topological polar surface area (TPSA) is 63.6 Å². The average molecular weight is 369 g/mol. The quantitative estimate of drug-likeness (QED) is 0.243. The highest BCUT2D eigenvalue weighted by atomic mass is 32.3. The zero-order valence-electron chi connectivity index (χ0n) is 15.3. The van der Waals surface area contributed by atoms with Crippen LogP contribution in [0, 0.1) is 0 Å². The monoisotopic (exact) mass is 368 g/mol. The van der Waals surface area contributed by atoms with Crippen molar-refractivity contribution in [2.24, 2.45) is 0 Å². The molecule has 1 N–H and O–H groups in total. The molecule has 0 atom stereocenters. The average Bonchev–Trinajstić information content (AvgIpc) is 2.56. The minimum Gasteiger partial charge on any atom is -0.366 e. The largest absolute Gasteiger partial charge is 0.446 e. The van der Waals surface area contributed by atoms with E-state index in [9.17, 15) is 8.42 Å². The standard InChI is InChI=1S/C20H32O4S/c1-2-3-4-5-6-7-8-9-10-14-17-20(24-25(21,22)23)18-19-15-12-11-13-16-19/h11-13,15-16,18H,2-10,14,17H2,1H3,(H,21,22,23). The molecule has 25 heavy (non-hydrogen) atoms. The predicted molar refractivity (Wildman–Crippen MR) is 104 cm³/mol. The molecular formula is C20H32O4S. The summed E-state index contributed by atoms with van der Waals surface area (Å²) in [5.41, 5.74) is 0.855. The van der Waals surface area contributed by atoms with Gasteiger partial charge in [0, 0.05) is 6.42 Å². The highest BCUT2D eigenvalue weighted by Crippen LogP contribution is 2.18. The van der Waals surface area contributed by atoms with E-state index >= 15 is 0 Å². The van der Waals surface area contributed by atoms with E-state index in [0.717, 1.165) is 24.8 Å². The van der Waals surface area contributed by atoms with E-state index in [4.69, 9.17) is 8.74 Å². The molecule has 0 saturated carbocycles. The highest BCUT2D eigenvalue weighted by molar-refractivity contribution is 7.81. The Kier molecular flexibility index (Phi) is 11.2. The molecular weight excluding hydrogens is 336 g/mol. The molecule has 0 amide bonds. The van der Waals surface area contributed by atoms with Gasteiger partial charge < -0.3 is 4.18 Å². The van der Waals surface area contributed by atoms with Crippen molar-refractivity contribution in [1.82, 2.24) is 0 Å². The number of hydrogen-bond donors (Lipinski definition) is 1. The van der Waals surface area contributed by atoms with Crippen molar-refractivity contribution >= 4 is 16.5 Å². The van der Waals surface area contributed by atoms with Crippen LogP contribution in [-0.2, 0) is 14.6 Å². The second-order valence-electron chi connectivity index (χ2n) is 6.46. The summed E-state index contributed by atoms with van der Waals surface area (Å²) in [5, 5.41) is 0. The molecule has 1 rings (SSSR count). The van der Waals surface area contributed by atoms with Crippen LogP contribution in [0.5, 0.6) is 0 Å². The summed E-state index contributed by atoms with van der Waals surface area (Å²) < 4.78 is 35.7. The molecule has 0 saturated heterocycles. The summed E-state index contributed by atoms with van der Waals surface area (Å²) in [6.07, 6.45) is 14.3. The number of rotatable bonds is 14. The van der Waals surface area contributed by atoms with Gasteiger partial charge in [-0.1, -0.05) is 95.0 Å². The Labute approximate surface area is 153 Å². The Bertz CT molecular complexity index is 579. The van der Waals surface area contributed by atoms with E-state index < -0.39 is 10.4 Å². The molecule has 0 heterocycles. The Morgan fingerprint density at radius 2 is 1.44 bits per heavy atom. The summed E-state index contributed by atoms with van der Waals surface area (Å²) in [6.45, 7) is 2.23. The lowest BCUT2D eigenvalue weighted by atomic mass is 10.1. The molecule has 0 bridgehead atoms. The minimum atomic E-state index is -4.47. The van der Waals surface area contributed by atoms with E-state index in [1.807, 2.05) is 30.3 Å². The molecule has 142 valence electrons. The van der Waals surface area contributed by atoms with Crippen LogP contribution in [-0.4, -0.2) is 13.0 Å². The maximum atomic E-state index is 11.0. The Balaban J connectivity index is 2.28. The van der Waals surface area contributed by atoms with E-state index in [-0.39, 0.29) is 5.76 Å². The fourth-order valence-electron chi connectivity index (χ4n) is 2.79. The molecule has 0 unspecified atom stereocenters. The lowest BCUT2D eigenvalue weighted by Crippen LogP contribution is -2.03. The van der Waals surface area contributed by atoms with Gasteiger partial charge in [-0.2, -0.15) is 8.42 Å². The third-order valence-corrected chi connectivity index (χ3v) is 4.54.